The quantitative estimate of drug-likeness (QED) is 0.182. The fourth-order valence-electron chi connectivity index (χ4n) is 3.65. The van der Waals surface area contributed by atoms with Crippen LogP contribution in [0.1, 0.15) is 25.8 Å². The average molecular weight is 462 g/mol. The number of β-lactam (4-membered cyclic amide) rings is 1. The lowest BCUT2D eigenvalue weighted by Crippen LogP contribution is -2.62. The number of hydrogen-bond donors (Lipinski definition) is 1. The van der Waals surface area contributed by atoms with Crippen molar-refractivity contribution in [3.63, 3.8) is 0 Å². The summed E-state index contributed by atoms with van der Waals surface area (Å²) in [6.07, 6.45) is 0.634. The number of aliphatic hydroxyl groups excluding tert-OH is 1. The molecule has 1 unspecified atom stereocenters. The number of carbonyl (C=O) groups is 3. The Morgan fingerprint density at radius 2 is 2.06 bits per heavy atom. The van der Waals surface area contributed by atoms with Crippen LogP contribution in [0.2, 0.25) is 0 Å². The molecule has 0 saturated carbocycles. The van der Waals surface area contributed by atoms with Crippen LogP contribution in [-0.4, -0.2) is 51.5 Å². The SMILES string of the molecule is CC(O)C=CSC1=C(C(=O)OCc2ccc([N+](=O)[O-])cc2)N2C(=O)[C@H]([C@@H](C)OC=O)[C@H]2C1. The molecule has 3 rings (SSSR count). The Bertz CT molecular complexity index is 973. The average Bonchev–Trinajstić information content (AvgIpc) is 3.06. The summed E-state index contributed by atoms with van der Waals surface area (Å²) in [6.45, 7) is 3.38. The maximum atomic E-state index is 12.9. The normalized spacial score (nSPS) is 21.7. The monoisotopic (exact) mass is 462 g/mol. The molecule has 11 heteroatoms. The van der Waals surface area contributed by atoms with Crippen molar-refractivity contribution in [1.29, 1.82) is 0 Å². The van der Waals surface area contributed by atoms with E-state index < -0.39 is 29.0 Å². The number of rotatable bonds is 10. The minimum atomic E-state index is -0.699. The molecule has 2 heterocycles. The zero-order valence-corrected chi connectivity index (χ0v) is 18.2. The van der Waals surface area contributed by atoms with Gasteiger partial charge in [0, 0.05) is 23.5 Å². The van der Waals surface area contributed by atoms with Gasteiger partial charge in [0.05, 0.1) is 23.0 Å². The molecule has 0 spiro atoms. The molecule has 170 valence electrons. The van der Waals surface area contributed by atoms with E-state index in [1.165, 1.54) is 40.9 Å². The maximum absolute atomic E-state index is 12.9. The summed E-state index contributed by atoms with van der Waals surface area (Å²) in [5, 5.41) is 21.8. The first-order valence-corrected chi connectivity index (χ1v) is 10.7. The third-order valence-electron chi connectivity index (χ3n) is 5.22. The molecule has 0 radical (unpaired) electrons. The second-order valence-electron chi connectivity index (χ2n) is 7.40. The van der Waals surface area contributed by atoms with Crippen molar-refractivity contribution in [2.45, 2.75) is 45.1 Å². The van der Waals surface area contributed by atoms with Crippen LogP contribution in [-0.2, 0) is 30.5 Å². The summed E-state index contributed by atoms with van der Waals surface area (Å²) < 4.78 is 10.3. The fourth-order valence-corrected chi connectivity index (χ4v) is 4.68. The number of aliphatic hydroxyl groups is 1. The molecule has 1 amide bonds. The molecule has 0 aromatic heterocycles. The highest BCUT2D eigenvalue weighted by atomic mass is 32.2. The van der Waals surface area contributed by atoms with Crippen LogP contribution in [0.5, 0.6) is 0 Å². The van der Waals surface area contributed by atoms with Crippen molar-refractivity contribution in [3.05, 3.63) is 62.0 Å². The number of nitro groups is 1. The number of benzene rings is 1. The number of carbonyl (C=O) groups excluding carboxylic acids is 3. The topological polar surface area (TPSA) is 136 Å². The predicted molar refractivity (Wildman–Crippen MR) is 114 cm³/mol. The van der Waals surface area contributed by atoms with Gasteiger partial charge in [-0.1, -0.05) is 0 Å². The molecule has 0 bridgehead atoms. The Morgan fingerprint density at radius 3 is 2.66 bits per heavy atom. The van der Waals surface area contributed by atoms with E-state index in [0.29, 0.717) is 23.4 Å². The van der Waals surface area contributed by atoms with E-state index in [4.69, 9.17) is 9.47 Å². The first-order chi connectivity index (χ1) is 15.2. The Hall–Kier alpha value is -3.18. The Balaban J connectivity index is 1.76. The molecule has 1 fully saturated rings. The summed E-state index contributed by atoms with van der Waals surface area (Å²) in [6, 6.07) is 5.27. The van der Waals surface area contributed by atoms with Crippen molar-refractivity contribution in [2.75, 3.05) is 0 Å². The predicted octanol–water partition coefficient (Wildman–Crippen LogP) is 2.27. The number of esters is 1. The van der Waals surface area contributed by atoms with Gasteiger partial charge in [-0.2, -0.15) is 0 Å². The molecular weight excluding hydrogens is 440 g/mol. The van der Waals surface area contributed by atoms with Gasteiger partial charge in [-0.3, -0.25) is 19.7 Å². The number of hydrogen-bond acceptors (Lipinski definition) is 9. The van der Waals surface area contributed by atoms with Gasteiger partial charge < -0.3 is 19.5 Å². The van der Waals surface area contributed by atoms with Crippen LogP contribution < -0.4 is 0 Å². The number of thioether (sulfide) groups is 1. The lowest BCUT2D eigenvalue weighted by Gasteiger charge is -2.45. The van der Waals surface area contributed by atoms with Crippen LogP contribution in [0.4, 0.5) is 5.69 Å². The number of fused-ring (bicyclic) bond motifs is 1. The number of nitrogens with zero attached hydrogens (tertiary/aromatic N) is 2. The van der Waals surface area contributed by atoms with Crippen LogP contribution >= 0.6 is 11.8 Å². The van der Waals surface area contributed by atoms with E-state index in [1.807, 2.05) is 0 Å². The van der Waals surface area contributed by atoms with E-state index in [0.717, 1.165) is 0 Å². The van der Waals surface area contributed by atoms with Gasteiger partial charge in [0.15, 0.2) is 0 Å². The molecule has 32 heavy (non-hydrogen) atoms. The number of nitro benzene ring substituents is 1. The summed E-state index contributed by atoms with van der Waals surface area (Å²) in [5.41, 5.74) is 0.605. The van der Waals surface area contributed by atoms with E-state index in [-0.39, 0.29) is 29.9 Å². The van der Waals surface area contributed by atoms with Crippen molar-refractivity contribution in [3.8, 4) is 0 Å². The lowest BCUT2D eigenvalue weighted by atomic mass is 9.83. The highest BCUT2D eigenvalue weighted by Gasteiger charge is 2.57. The van der Waals surface area contributed by atoms with Gasteiger partial charge in [0.25, 0.3) is 12.2 Å². The fraction of sp³-hybridized carbons (Fsp3) is 0.381. The van der Waals surface area contributed by atoms with E-state index in [9.17, 15) is 29.6 Å². The Morgan fingerprint density at radius 1 is 1.38 bits per heavy atom. The molecule has 1 aromatic rings. The molecule has 10 nitrogen and oxygen atoms in total. The lowest BCUT2D eigenvalue weighted by molar-refractivity contribution is -0.384. The van der Waals surface area contributed by atoms with Gasteiger partial charge in [0.2, 0.25) is 5.91 Å². The smallest absolute Gasteiger partial charge is 0.356 e. The highest BCUT2D eigenvalue weighted by Crippen LogP contribution is 2.48. The second-order valence-corrected chi connectivity index (χ2v) is 8.40. The minimum Gasteiger partial charge on any atom is -0.464 e. The van der Waals surface area contributed by atoms with E-state index in [2.05, 4.69) is 0 Å². The van der Waals surface area contributed by atoms with Gasteiger partial charge in [-0.05, 0) is 43.0 Å². The molecule has 2 aliphatic heterocycles. The number of ether oxygens (including phenoxy) is 2. The molecule has 0 aliphatic carbocycles. The number of amides is 1. The highest BCUT2D eigenvalue weighted by molar-refractivity contribution is 8.05. The molecule has 4 atom stereocenters. The molecule has 1 N–H and O–H groups in total. The van der Waals surface area contributed by atoms with Crippen molar-refractivity contribution < 1.29 is 33.9 Å². The second kappa shape index (κ2) is 9.96. The van der Waals surface area contributed by atoms with Gasteiger partial charge in [-0.25, -0.2) is 4.79 Å². The van der Waals surface area contributed by atoms with Crippen LogP contribution in [0.15, 0.2) is 46.4 Å². The Kier molecular flexibility index (Phi) is 7.31. The first kappa shape index (κ1) is 23.5. The van der Waals surface area contributed by atoms with Gasteiger partial charge >= 0.3 is 5.97 Å². The number of non-ortho nitro benzene ring substituents is 1. The van der Waals surface area contributed by atoms with Crippen molar-refractivity contribution >= 4 is 35.8 Å². The van der Waals surface area contributed by atoms with Gasteiger partial charge in [0.1, 0.15) is 18.4 Å². The molecular formula is C21H22N2O8S. The van der Waals surface area contributed by atoms with Gasteiger partial charge in [-0.15, -0.1) is 11.8 Å². The minimum absolute atomic E-state index is 0.0751. The van der Waals surface area contributed by atoms with E-state index >= 15 is 0 Å². The largest absolute Gasteiger partial charge is 0.464 e. The first-order valence-electron chi connectivity index (χ1n) is 9.81. The van der Waals surface area contributed by atoms with Crippen LogP contribution in [0.25, 0.3) is 0 Å². The van der Waals surface area contributed by atoms with Crippen LogP contribution in [0.3, 0.4) is 0 Å². The third kappa shape index (κ3) is 4.83. The molecule has 1 aromatic carbocycles. The summed E-state index contributed by atoms with van der Waals surface area (Å²) >= 11 is 1.21. The summed E-state index contributed by atoms with van der Waals surface area (Å²) in [4.78, 5) is 48.5. The maximum Gasteiger partial charge on any atom is 0.356 e. The van der Waals surface area contributed by atoms with Crippen molar-refractivity contribution in [1.82, 2.24) is 4.90 Å². The van der Waals surface area contributed by atoms with Crippen LogP contribution in [0, 0.1) is 16.0 Å². The standard InChI is InChI=1S/C21H22N2O8S/c1-12(25)7-8-32-17-9-16-18(13(2)31-11-24)20(26)22(16)19(17)21(27)30-10-14-3-5-15(6-4-14)23(28)29/h3-8,11-13,16,18,25H,9-10H2,1-2H3/t12?,13-,16-,18-/m1/s1. The summed E-state index contributed by atoms with van der Waals surface area (Å²) in [7, 11) is 0. The molecule has 2 aliphatic rings. The Labute approximate surface area is 188 Å². The third-order valence-corrected chi connectivity index (χ3v) is 6.16. The zero-order chi connectivity index (χ0) is 23.4. The molecule has 1 saturated heterocycles. The summed E-state index contributed by atoms with van der Waals surface area (Å²) in [5.74, 6) is -1.59. The van der Waals surface area contributed by atoms with E-state index in [1.54, 1.807) is 25.3 Å². The zero-order valence-electron chi connectivity index (χ0n) is 17.4. The van der Waals surface area contributed by atoms with Crippen molar-refractivity contribution in [2.24, 2.45) is 5.92 Å².